The molecule has 1 aromatic carbocycles. The summed E-state index contributed by atoms with van der Waals surface area (Å²) in [5, 5.41) is 2.16. The Bertz CT molecular complexity index is 519. The molecule has 0 saturated carbocycles. The van der Waals surface area contributed by atoms with Gasteiger partial charge in [0.15, 0.2) is 0 Å². The lowest BCUT2D eigenvalue weighted by Gasteiger charge is -2.23. The molecule has 0 atom stereocenters. The summed E-state index contributed by atoms with van der Waals surface area (Å²) in [6.07, 6.45) is 0. The topological polar surface area (TPSA) is 54.4 Å². The van der Waals surface area contributed by atoms with E-state index < -0.39 is 26.3 Å². The van der Waals surface area contributed by atoms with E-state index in [1.165, 1.54) is 0 Å². The summed E-state index contributed by atoms with van der Waals surface area (Å²) < 4.78 is 32.0. The monoisotopic (exact) mass is 302 g/mol. The van der Waals surface area contributed by atoms with Crippen molar-refractivity contribution in [2.45, 2.75) is 44.2 Å². The molecule has 0 saturated heterocycles. The second kappa shape index (κ2) is 4.59. The molecule has 0 bridgehead atoms. The van der Waals surface area contributed by atoms with Crippen LogP contribution in [0.1, 0.15) is 0 Å². The fourth-order valence-electron chi connectivity index (χ4n) is 1.61. The van der Waals surface area contributed by atoms with Crippen LogP contribution >= 0.6 is 0 Å². The summed E-state index contributed by atoms with van der Waals surface area (Å²) in [5.74, 6) is 0. The van der Waals surface area contributed by atoms with Gasteiger partial charge in [-0.2, -0.15) is 8.42 Å². The summed E-state index contributed by atoms with van der Waals surface area (Å²) in [6.45, 7) is 13.0. The molecule has 0 aliphatic heterocycles. The minimum Gasteiger partial charge on any atom is -0.282 e. The first-order valence-corrected chi connectivity index (χ1v) is 14.4. The Kier molecular flexibility index (Phi) is 3.98. The van der Waals surface area contributed by atoms with E-state index in [2.05, 4.69) is 45.3 Å². The van der Waals surface area contributed by atoms with Crippen LogP contribution in [-0.2, 0) is 10.1 Å². The quantitative estimate of drug-likeness (QED) is 0.686. The normalized spacial score (nSPS) is 13.7. The second-order valence-electron chi connectivity index (χ2n) is 6.72. The standard InChI is InChI=1S/C12H22O3SSi2/c1-17(2,3)11-7-10(16(13,14)15)8-12(9-11)18(4,5)6/h7-9H,1-6H3,(H,13,14,15). The summed E-state index contributed by atoms with van der Waals surface area (Å²) in [5.41, 5.74) is 0. The van der Waals surface area contributed by atoms with Crippen molar-refractivity contribution in [2.24, 2.45) is 0 Å². The van der Waals surface area contributed by atoms with Crippen LogP contribution in [0.15, 0.2) is 23.1 Å². The van der Waals surface area contributed by atoms with Gasteiger partial charge in [0.2, 0.25) is 0 Å². The van der Waals surface area contributed by atoms with Gasteiger partial charge < -0.3 is 0 Å². The Balaban J connectivity index is 3.60. The molecular weight excluding hydrogens is 280 g/mol. The number of benzene rings is 1. The zero-order valence-corrected chi connectivity index (χ0v) is 14.7. The van der Waals surface area contributed by atoms with Crippen molar-refractivity contribution in [3.8, 4) is 0 Å². The molecule has 1 aromatic rings. The molecule has 6 heteroatoms. The number of hydrogen-bond acceptors (Lipinski definition) is 2. The predicted octanol–water partition coefficient (Wildman–Crippen LogP) is 2.02. The average molecular weight is 303 g/mol. The van der Waals surface area contributed by atoms with E-state index >= 15 is 0 Å². The largest absolute Gasteiger partial charge is 0.294 e. The summed E-state index contributed by atoms with van der Waals surface area (Å²) in [4.78, 5) is 0.0415. The fraction of sp³-hybridized carbons (Fsp3) is 0.500. The molecule has 0 spiro atoms. The van der Waals surface area contributed by atoms with Gasteiger partial charge in [-0.05, 0) is 12.1 Å². The highest BCUT2D eigenvalue weighted by atomic mass is 32.2. The van der Waals surface area contributed by atoms with Crippen molar-refractivity contribution in [1.29, 1.82) is 0 Å². The van der Waals surface area contributed by atoms with Crippen LogP contribution in [0.3, 0.4) is 0 Å². The van der Waals surface area contributed by atoms with Crippen molar-refractivity contribution in [3.63, 3.8) is 0 Å². The third-order valence-electron chi connectivity index (χ3n) is 2.94. The summed E-state index contributed by atoms with van der Waals surface area (Å²) in [6, 6.07) is 5.39. The van der Waals surface area contributed by atoms with Gasteiger partial charge in [-0.1, -0.05) is 55.7 Å². The van der Waals surface area contributed by atoms with Crippen LogP contribution in [0, 0.1) is 0 Å². The van der Waals surface area contributed by atoms with Gasteiger partial charge in [0, 0.05) is 0 Å². The lowest BCUT2D eigenvalue weighted by Crippen LogP contribution is -2.45. The molecule has 0 radical (unpaired) electrons. The molecule has 0 aliphatic rings. The highest BCUT2D eigenvalue weighted by molar-refractivity contribution is 7.85. The zero-order chi connectivity index (χ0) is 14.4. The minimum atomic E-state index is -4.12. The molecule has 1 N–H and O–H groups in total. The van der Waals surface area contributed by atoms with Crippen LogP contribution in [-0.4, -0.2) is 29.1 Å². The Labute approximate surface area is 112 Å². The fourth-order valence-corrected chi connectivity index (χ4v) is 4.87. The molecule has 18 heavy (non-hydrogen) atoms. The second-order valence-corrected chi connectivity index (χ2v) is 18.3. The van der Waals surface area contributed by atoms with E-state index in [9.17, 15) is 13.0 Å². The minimum absolute atomic E-state index is 0.0415. The van der Waals surface area contributed by atoms with Gasteiger partial charge in [-0.25, -0.2) is 0 Å². The van der Waals surface area contributed by atoms with Crippen molar-refractivity contribution in [1.82, 2.24) is 0 Å². The first kappa shape index (κ1) is 15.6. The molecule has 1 rings (SSSR count). The molecule has 0 aliphatic carbocycles. The highest BCUT2D eigenvalue weighted by Crippen LogP contribution is 2.12. The van der Waals surface area contributed by atoms with E-state index in [4.69, 9.17) is 0 Å². The van der Waals surface area contributed by atoms with E-state index in [0.717, 1.165) is 10.4 Å². The first-order chi connectivity index (χ1) is 7.82. The predicted molar refractivity (Wildman–Crippen MR) is 82.2 cm³/mol. The summed E-state index contributed by atoms with van der Waals surface area (Å²) in [7, 11) is -7.34. The number of hydrogen-bond donors (Lipinski definition) is 1. The van der Waals surface area contributed by atoms with Gasteiger partial charge in [0.05, 0.1) is 21.0 Å². The Morgan fingerprint density at radius 1 is 0.833 bits per heavy atom. The van der Waals surface area contributed by atoms with Gasteiger partial charge in [0.1, 0.15) is 0 Å². The maximum absolute atomic E-state index is 11.4. The van der Waals surface area contributed by atoms with E-state index in [-0.39, 0.29) is 4.90 Å². The molecular formula is C12H22O3SSi2. The van der Waals surface area contributed by atoms with Crippen LogP contribution in [0.2, 0.25) is 39.3 Å². The highest BCUT2D eigenvalue weighted by Gasteiger charge is 2.25. The molecule has 3 nitrogen and oxygen atoms in total. The molecule has 0 heterocycles. The van der Waals surface area contributed by atoms with Gasteiger partial charge in [-0.3, -0.25) is 4.55 Å². The smallest absolute Gasteiger partial charge is 0.282 e. The van der Waals surface area contributed by atoms with E-state index in [1.807, 2.05) is 0 Å². The van der Waals surface area contributed by atoms with Crippen LogP contribution in [0.25, 0.3) is 0 Å². The Morgan fingerprint density at radius 3 is 1.39 bits per heavy atom. The van der Waals surface area contributed by atoms with Crippen LogP contribution < -0.4 is 10.4 Å². The molecule has 0 aromatic heterocycles. The lowest BCUT2D eigenvalue weighted by atomic mass is 10.4. The van der Waals surface area contributed by atoms with Gasteiger partial charge >= 0.3 is 0 Å². The molecule has 0 unspecified atom stereocenters. The van der Waals surface area contributed by atoms with Crippen molar-refractivity contribution < 1.29 is 13.0 Å². The number of rotatable bonds is 3. The van der Waals surface area contributed by atoms with Crippen molar-refractivity contribution in [2.75, 3.05) is 0 Å². The Hall–Kier alpha value is -0.436. The van der Waals surface area contributed by atoms with Gasteiger partial charge in [0.25, 0.3) is 10.1 Å². The van der Waals surface area contributed by atoms with Crippen LogP contribution in [0.5, 0.6) is 0 Å². The van der Waals surface area contributed by atoms with Crippen molar-refractivity contribution >= 4 is 36.6 Å². The maximum atomic E-state index is 11.4. The zero-order valence-electron chi connectivity index (χ0n) is 11.9. The first-order valence-electron chi connectivity index (χ1n) is 5.95. The van der Waals surface area contributed by atoms with E-state index in [1.54, 1.807) is 12.1 Å². The van der Waals surface area contributed by atoms with Crippen molar-refractivity contribution in [3.05, 3.63) is 18.2 Å². The molecule has 102 valence electrons. The average Bonchev–Trinajstić information content (AvgIpc) is 2.13. The van der Waals surface area contributed by atoms with E-state index in [0.29, 0.717) is 0 Å². The summed E-state index contributed by atoms with van der Waals surface area (Å²) >= 11 is 0. The third-order valence-corrected chi connectivity index (χ3v) is 7.81. The Morgan fingerprint density at radius 2 is 1.17 bits per heavy atom. The SMILES string of the molecule is C[Si](C)(C)c1cc([Si](C)(C)C)cc(S(=O)(=O)O)c1. The third kappa shape index (κ3) is 3.78. The lowest BCUT2D eigenvalue weighted by molar-refractivity contribution is 0.483. The van der Waals surface area contributed by atoms with Crippen LogP contribution in [0.4, 0.5) is 0 Å². The molecule has 0 amide bonds. The molecule has 0 fully saturated rings. The maximum Gasteiger partial charge on any atom is 0.294 e. The van der Waals surface area contributed by atoms with Gasteiger partial charge in [-0.15, -0.1) is 0 Å².